The molecule has 6 rings (SSSR count). The molecule has 0 unspecified atom stereocenters. The molecule has 3 heteroatoms. The van der Waals surface area contributed by atoms with E-state index in [-0.39, 0.29) is 0 Å². The zero-order chi connectivity index (χ0) is 20.9. The van der Waals surface area contributed by atoms with Gasteiger partial charge in [-0.3, -0.25) is 0 Å². The molecule has 0 spiro atoms. The lowest BCUT2D eigenvalue weighted by Crippen LogP contribution is -1.90. The molecule has 0 bridgehead atoms. The fourth-order valence-corrected chi connectivity index (χ4v) is 5.60. The molecule has 0 saturated carbocycles. The Morgan fingerprint density at radius 2 is 1.16 bits per heavy atom. The Morgan fingerprint density at radius 1 is 0.516 bits per heavy atom. The highest BCUT2D eigenvalue weighted by atomic mass is 35.5. The second-order valence-corrected chi connectivity index (χ2v) is 9.49. The molecule has 0 nitrogen and oxygen atoms in total. The fraction of sp³-hybridized carbons (Fsp3) is 0. The van der Waals surface area contributed by atoms with Gasteiger partial charge in [-0.05, 0) is 91.3 Å². The predicted octanol–water partition coefficient (Wildman–Crippen LogP) is 9.85. The molecule has 5 aromatic carbocycles. The van der Waals surface area contributed by atoms with E-state index in [0.29, 0.717) is 0 Å². The SMILES string of the molecule is Clc1ccc(-c2c3cc(Cl)ccc3c(-c3cccs3)c3cc4ccccc4cc23)cc1. The van der Waals surface area contributed by atoms with Crippen molar-refractivity contribution in [2.75, 3.05) is 0 Å². The number of rotatable bonds is 2. The highest BCUT2D eigenvalue weighted by Gasteiger charge is 2.18. The first-order valence-electron chi connectivity index (χ1n) is 10.1. The second kappa shape index (κ2) is 7.39. The largest absolute Gasteiger partial charge is 0.144 e. The van der Waals surface area contributed by atoms with Crippen LogP contribution in [0.5, 0.6) is 0 Å². The average Bonchev–Trinajstić information content (AvgIpc) is 3.31. The second-order valence-electron chi connectivity index (χ2n) is 7.67. The van der Waals surface area contributed by atoms with Crippen LogP contribution in [0.2, 0.25) is 10.0 Å². The molecule has 0 amide bonds. The Hall–Kier alpha value is -2.84. The van der Waals surface area contributed by atoms with E-state index < -0.39 is 0 Å². The van der Waals surface area contributed by atoms with Crippen LogP contribution in [0, 0.1) is 0 Å². The van der Waals surface area contributed by atoms with Crippen LogP contribution in [0.1, 0.15) is 0 Å². The maximum absolute atomic E-state index is 6.51. The zero-order valence-electron chi connectivity index (χ0n) is 16.4. The summed E-state index contributed by atoms with van der Waals surface area (Å²) in [6.07, 6.45) is 0. The molecule has 0 aliphatic heterocycles. The summed E-state index contributed by atoms with van der Waals surface area (Å²) in [4.78, 5) is 1.26. The molecule has 1 aromatic heterocycles. The van der Waals surface area contributed by atoms with Crippen LogP contribution in [0.3, 0.4) is 0 Å². The third kappa shape index (κ3) is 3.13. The highest BCUT2D eigenvalue weighted by Crippen LogP contribution is 2.46. The van der Waals surface area contributed by atoms with Gasteiger partial charge in [0.05, 0.1) is 0 Å². The van der Waals surface area contributed by atoms with E-state index >= 15 is 0 Å². The van der Waals surface area contributed by atoms with E-state index in [1.54, 1.807) is 11.3 Å². The lowest BCUT2D eigenvalue weighted by atomic mass is 9.86. The summed E-state index contributed by atoms with van der Waals surface area (Å²) >= 11 is 14.5. The maximum Gasteiger partial charge on any atom is 0.0412 e. The molecular formula is C28H16Cl2S. The minimum absolute atomic E-state index is 0.732. The molecule has 0 aliphatic carbocycles. The number of thiophene rings is 1. The van der Waals surface area contributed by atoms with Gasteiger partial charge in [0.2, 0.25) is 0 Å². The van der Waals surface area contributed by atoms with Crippen LogP contribution in [0.15, 0.2) is 96.4 Å². The molecule has 0 N–H and O–H groups in total. The highest BCUT2D eigenvalue weighted by molar-refractivity contribution is 7.13. The third-order valence-electron chi connectivity index (χ3n) is 5.85. The molecule has 0 atom stereocenters. The van der Waals surface area contributed by atoms with Crippen molar-refractivity contribution in [3.8, 4) is 21.6 Å². The van der Waals surface area contributed by atoms with Crippen LogP contribution in [-0.2, 0) is 0 Å². The van der Waals surface area contributed by atoms with Crippen LogP contribution < -0.4 is 0 Å². The van der Waals surface area contributed by atoms with Gasteiger partial charge in [0, 0.05) is 20.5 Å². The minimum Gasteiger partial charge on any atom is -0.144 e. The summed E-state index contributed by atoms with van der Waals surface area (Å²) in [6, 6.07) is 31.8. The Kier molecular flexibility index (Phi) is 4.50. The third-order valence-corrected chi connectivity index (χ3v) is 7.22. The molecule has 0 radical (unpaired) electrons. The van der Waals surface area contributed by atoms with Crippen molar-refractivity contribution < 1.29 is 0 Å². The standard InChI is InChI=1S/C28H16Cl2S/c29-20-9-7-17(8-10-20)27-23-14-18-4-1-2-5-19(18)15-24(23)28(26-6-3-13-31-26)22-12-11-21(30)16-25(22)27/h1-16H. The van der Waals surface area contributed by atoms with E-state index in [2.05, 4.69) is 78.2 Å². The van der Waals surface area contributed by atoms with Crippen molar-refractivity contribution in [3.05, 3.63) is 106 Å². The number of hydrogen-bond donors (Lipinski definition) is 0. The van der Waals surface area contributed by atoms with Crippen molar-refractivity contribution in [2.24, 2.45) is 0 Å². The van der Waals surface area contributed by atoms with Crippen molar-refractivity contribution in [2.45, 2.75) is 0 Å². The van der Waals surface area contributed by atoms with E-state index in [0.717, 1.165) is 21.0 Å². The summed E-state index contributed by atoms with van der Waals surface area (Å²) in [6.45, 7) is 0. The zero-order valence-corrected chi connectivity index (χ0v) is 18.7. The van der Waals surface area contributed by atoms with Crippen molar-refractivity contribution >= 4 is 66.9 Å². The average molecular weight is 455 g/mol. The summed E-state index contributed by atoms with van der Waals surface area (Å²) in [5.41, 5.74) is 3.59. The van der Waals surface area contributed by atoms with Gasteiger partial charge in [-0.25, -0.2) is 0 Å². The Balaban J connectivity index is 1.89. The first kappa shape index (κ1) is 18.9. The number of hydrogen-bond acceptors (Lipinski definition) is 1. The first-order chi connectivity index (χ1) is 15.2. The van der Waals surface area contributed by atoms with Gasteiger partial charge in [-0.15, -0.1) is 11.3 Å². The molecule has 0 aliphatic rings. The quantitative estimate of drug-likeness (QED) is 0.228. The van der Waals surface area contributed by atoms with Gasteiger partial charge in [0.25, 0.3) is 0 Å². The normalized spacial score (nSPS) is 11.5. The van der Waals surface area contributed by atoms with E-state index in [1.165, 1.54) is 42.9 Å². The topological polar surface area (TPSA) is 0 Å². The summed E-state index contributed by atoms with van der Waals surface area (Å²) in [5.74, 6) is 0. The van der Waals surface area contributed by atoms with Gasteiger partial charge >= 0.3 is 0 Å². The fourth-order valence-electron chi connectivity index (χ4n) is 4.50. The molecule has 148 valence electrons. The van der Waals surface area contributed by atoms with E-state index in [9.17, 15) is 0 Å². The Labute approximate surface area is 194 Å². The Bertz CT molecular complexity index is 1580. The van der Waals surface area contributed by atoms with Crippen molar-refractivity contribution in [3.63, 3.8) is 0 Å². The van der Waals surface area contributed by atoms with Gasteiger partial charge in [0.15, 0.2) is 0 Å². The van der Waals surface area contributed by atoms with E-state index in [1.807, 2.05) is 18.2 Å². The monoisotopic (exact) mass is 454 g/mol. The minimum atomic E-state index is 0.732. The van der Waals surface area contributed by atoms with Crippen molar-refractivity contribution in [1.29, 1.82) is 0 Å². The summed E-state index contributed by atoms with van der Waals surface area (Å²) in [7, 11) is 0. The lowest BCUT2D eigenvalue weighted by Gasteiger charge is -2.18. The van der Waals surface area contributed by atoms with Crippen molar-refractivity contribution in [1.82, 2.24) is 0 Å². The van der Waals surface area contributed by atoms with Crippen LogP contribution in [-0.4, -0.2) is 0 Å². The smallest absolute Gasteiger partial charge is 0.0412 e. The Morgan fingerprint density at radius 3 is 1.84 bits per heavy atom. The van der Waals surface area contributed by atoms with Crippen LogP contribution in [0.25, 0.3) is 53.9 Å². The first-order valence-corrected chi connectivity index (χ1v) is 11.7. The maximum atomic E-state index is 6.51. The number of fused-ring (bicyclic) bond motifs is 3. The molecular weight excluding hydrogens is 439 g/mol. The molecule has 0 saturated heterocycles. The summed E-state index contributed by atoms with van der Waals surface area (Å²) < 4.78 is 0. The van der Waals surface area contributed by atoms with E-state index in [4.69, 9.17) is 23.2 Å². The summed E-state index contributed by atoms with van der Waals surface area (Å²) in [5, 5.41) is 10.9. The lowest BCUT2D eigenvalue weighted by molar-refractivity contribution is 1.67. The van der Waals surface area contributed by atoms with Crippen LogP contribution in [0.4, 0.5) is 0 Å². The van der Waals surface area contributed by atoms with Gasteiger partial charge in [0.1, 0.15) is 0 Å². The van der Waals surface area contributed by atoms with Gasteiger partial charge in [-0.1, -0.05) is 71.7 Å². The predicted molar refractivity (Wildman–Crippen MR) is 138 cm³/mol. The molecule has 6 aromatic rings. The van der Waals surface area contributed by atoms with Crippen LogP contribution >= 0.6 is 34.5 Å². The molecule has 1 heterocycles. The molecule has 0 fully saturated rings. The molecule has 31 heavy (non-hydrogen) atoms. The van der Waals surface area contributed by atoms with Gasteiger partial charge < -0.3 is 0 Å². The van der Waals surface area contributed by atoms with Gasteiger partial charge in [-0.2, -0.15) is 0 Å². The number of halogens is 2. The number of benzene rings is 5.